The molecule has 4 rings (SSSR count). The first kappa shape index (κ1) is 21.6. The summed E-state index contributed by atoms with van der Waals surface area (Å²) in [5, 5.41) is 0. The van der Waals surface area contributed by atoms with Crippen molar-refractivity contribution in [2.24, 2.45) is 5.92 Å². The highest BCUT2D eigenvalue weighted by atomic mass is 16.5. The van der Waals surface area contributed by atoms with Crippen molar-refractivity contribution in [1.82, 2.24) is 4.90 Å². The molecule has 3 heteroatoms. The van der Waals surface area contributed by atoms with Gasteiger partial charge in [0.1, 0.15) is 5.75 Å². The summed E-state index contributed by atoms with van der Waals surface area (Å²) in [5.74, 6) is 2.37. The van der Waals surface area contributed by atoms with Crippen LogP contribution in [0.3, 0.4) is 0 Å². The quantitative estimate of drug-likeness (QED) is 0.421. The molecule has 1 aliphatic carbocycles. The third-order valence-corrected chi connectivity index (χ3v) is 7.82. The van der Waals surface area contributed by atoms with Gasteiger partial charge < -0.3 is 4.74 Å². The van der Waals surface area contributed by atoms with Gasteiger partial charge in [-0.2, -0.15) is 0 Å². The van der Waals surface area contributed by atoms with E-state index < -0.39 is 0 Å². The number of benzene rings is 1. The summed E-state index contributed by atoms with van der Waals surface area (Å²) in [7, 11) is 1.74. The van der Waals surface area contributed by atoms with Gasteiger partial charge in [0.05, 0.1) is 7.11 Å². The fourth-order valence-corrected chi connectivity index (χ4v) is 6.41. The predicted octanol–water partition coefficient (Wildman–Crippen LogP) is 6.37. The monoisotopic (exact) mass is 409 g/mol. The summed E-state index contributed by atoms with van der Waals surface area (Å²) >= 11 is 0. The van der Waals surface area contributed by atoms with Crippen molar-refractivity contribution in [3.8, 4) is 5.75 Å². The van der Waals surface area contributed by atoms with Crippen molar-refractivity contribution in [2.45, 2.75) is 96.1 Å². The number of carbonyl (C=O) groups excluding carboxylic acids is 1. The molecule has 3 atom stereocenters. The number of hydrogen-bond donors (Lipinski definition) is 0. The van der Waals surface area contributed by atoms with E-state index in [4.69, 9.17) is 4.74 Å². The van der Waals surface area contributed by atoms with Crippen LogP contribution in [0.15, 0.2) is 24.3 Å². The van der Waals surface area contributed by atoms with E-state index in [1.165, 1.54) is 69.9 Å². The second-order valence-electron chi connectivity index (χ2n) is 9.76. The van der Waals surface area contributed by atoms with Crippen LogP contribution in [-0.4, -0.2) is 36.4 Å². The number of methoxy groups -OCH3 is 1. The number of rotatable bonds is 10. The fourth-order valence-electron chi connectivity index (χ4n) is 6.41. The molecule has 0 spiro atoms. The zero-order valence-electron chi connectivity index (χ0n) is 19.2. The van der Waals surface area contributed by atoms with Crippen molar-refractivity contribution in [3.05, 3.63) is 35.4 Å². The number of ether oxygens (including phenoxy) is 1. The molecule has 30 heavy (non-hydrogen) atoms. The Morgan fingerprint density at radius 1 is 1.10 bits per heavy atom. The molecule has 0 radical (unpaired) electrons. The number of unbranched alkanes of at least 4 members (excludes halogenated alkanes) is 2. The van der Waals surface area contributed by atoms with Gasteiger partial charge >= 0.3 is 0 Å². The third kappa shape index (κ3) is 4.37. The Labute approximate surface area is 182 Å². The summed E-state index contributed by atoms with van der Waals surface area (Å²) in [6.45, 7) is 5.19. The van der Waals surface area contributed by atoms with Crippen molar-refractivity contribution >= 4 is 11.4 Å². The summed E-state index contributed by atoms with van der Waals surface area (Å²) in [6, 6.07) is 7.76. The maximum atomic E-state index is 12.2. The molecule has 2 bridgehead atoms. The van der Waals surface area contributed by atoms with E-state index in [2.05, 4.69) is 24.0 Å². The van der Waals surface area contributed by atoms with E-state index in [0.29, 0.717) is 5.92 Å². The van der Waals surface area contributed by atoms with E-state index in [9.17, 15) is 4.79 Å². The Balaban J connectivity index is 1.35. The SMILES string of the molecule is CCCCCC1CC2CCC(C1)N2CCCC1C=C(C(C)=O)c2cccc(OC)c21. The van der Waals surface area contributed by atoms with Gasteiger partial charge in [0.25, 0.3) is 0 Å². The van der Waals surface area contributed by atoms with Crippen LogP contribution >= 0.6 is 0 Å². The lowest BCUT2D eigenvalue weighted by atomic mass is 9.86. The first-order valence-corrected chi connectivity index (χ1v) is 12.3. The molecule has 1 aromatic carbocycles. The Kier molecular flexibility index (Phi) is 6.98. The number of nitrogens with zero attached hydrogens (tertiary/aromatic N) is 1. The zero-order chi connectivity index (χ0) is 21.1. The zero-order valence-corrected chi connectivity index (χ0v) is 19.2. The molecule has 2 aliphatic heterocycles. The van der Waals surface area contributed by atoms with E-state index in [-0.39, 0.29) is 5.78 Å². The largest absolute Gasteiger partial charge is 0.496 e. The Hall–Kier alpha value is -1.61. The van der Waals surface area contributed by atoms with Gasteiger partial charge in [-0.1, -0.05) is 50.8 Å². The minimum atomic E-state index is 0.162. The molecule has 0 amide bonds. The molecule has 0 aromatic heterocycles. The summed E-state index contributed by atoms with van der Waals surface area (Å²) in [6.07, 6.45) is 15.8. The topological polar surface area (TPSA) is 29.5 Å². The third-order valence-electron chi connectivity index (χ3n) is 7.82. The first-order valence-electron chi connectivity index (χ1n) is 12.3. The van der Waals surface area contributed by atoms with Crippen molar-refractivity contribution in [1.29, 1.82) is 0 Å². The van der Waals surface area contributed by atoms with Crippen LogP contribution in [0.5, 0.6) is 5.75 Å². The fraction of sp³-hybridized carbons (Fsp3) is 0.667. The maximum Gasteiger partial charge on any atom is 0.160 e. The average Bonchev–Trinajstić information content (AvgIpc) is 3.22. The van der Waals surface area contributed by atoms with Gasteiger partial charge in [-0.25, -0.2) is 0 Å². The first-order chi connectivity index (χ1) is 14.6. The van der Waals surface area contributed by atoms with E-state index in [0.717, 1.165) is 41.3 Å². The highest BCUT2D eigenvalue weighted by molar-refractivity contribution is 6.21. The normalized spacial score (nSPS) is 27.8. The van der Waals surface area contributed by atoms with Crippen LogP contribution in [0.2, 0.25) is 0 Å². The Morgan fingerprint density at radius 3 is 2.53 bits per heavy atom. The molecule has 2 saturated heterocycles. The van der Waals surface area contributed by atoms with Crippen LogP contribution in [0.25, 0.3) is 5.57 Å². The van der Waals surface area contributed by atoms with Crippen LogP contribution < -0.4 is 4.74 Å². The summed E-state index contributed by atoms with van der Waals surface area (Å²) in [5.41, 5.74) is 3.18. The van der Waals surface area contributed by atoms with E-state index >= 15 is 0 Å². The molecule has 2 heterocycles. The lowest BCUT2D eigenvalue weighted by Gasteiger charge is -2.39. The standard InChI is InChI=1S/C27H39NO2/c1-4-5-6-9-20-16-22-13-14-23(17-20)28(22)15-8-10-21-18-25(19(2)29)24-11-7-12-26(30-3)27(21)24/h7,11-12,18,20-23H,4-6,8-10,13-17H2,1-3H3. The number of hydrogen-bond acceptors (Lipinski definition) is 3. The molecule has 3 unspecified atom stereocenters. The Bertz CT molecular complexity index is 769. The second kappa shape index (κ2) is 9.68. The van der Waals surface area contributed by atoms with Gasteiger partial charge in [0, 0.05) is 29.1 Å². The molecule has 2 fully saturated rings. The van der Waals surface area contributed by atoms with Gasteiger partial charge in [0.15, 0.2) is 5.78 Å². The lowest BCUT2D eigenvalue weighted by molar-refractivity contribution is -0.111. The number of carbonyl (C=O) groups is 1. The van der Waals surface area contributed by atoms with E-state index in [1.54, 1.807) is 14.0 Å². The minimum Gasteiger partial charge on any atom is -0.496 e. The van der Waals surface area contributed by atoms with Crippen LogP contribution in [-0.2, 0) is 4.79 Å². The number of piperidine rings is 1. The van der Waals surface area contributed by atoms with Gasteiger partial charge in [-0.3, -0.25) is 9.69 Å². The van der Waals surface area contributed by atoms with Crippen molar-refractivity contribution in [2.75, 3.05) is 13.7 Å². The summed E-state index contributed by atoms with van der Waals surface area (Å²) in [4.78, 5) is 15.0. The van der Waals surface area contributed by atoms with Gasteiger partial charge in [-0.05, 0) is 69.5 Å². The molecule has 3 nitrogen and oxygen atoms in total. The number of fused-ring (bicyclic) bond motifs is 3. The molecular weight excluding hydrogens is 370 g/mol. The maximum absolute atomic E-state index is 12.2. The van der Waals surface area contributed by atoms with Crippen LogP contribution in [0, 0.1) is 5.92 Å². The minimum absolute atomic E-state index is 0.162. The van der Waals surface area contributed by atoms with Crippen LogP contribution in [0.1, 0.15) is 95.1 Å². The highest BCUT2D eigenvalue weighted by Gasteiger charge is 2.40. The van der Waals surface area contributed by atoms with E-state index in [1.807, 2.05) is 12.1 Å². The number of allylic oxidation sites excluding steroid dienone is 2. The molecular formula is C27H39NO2. The number of Topliss-reactive ketones (excluding diaryl/α,β-unsaturated/α-hetero) is 1. The second-order valence-corrected chi connectivity index (χ2v) is 9.76. The lowest BCUT2D eigenvalue weighted by Crippen LogP contribution is -2.43. The Morgan fingerprint density at radius 2 is 1.87 bits per heavy atom. The molecule has 0 saturated carbocycles. The molecule has 164 valence electrons. The predicted molar refractivity (Wildman–Crippen MR) is 124 cm³/mol. The van der Waals surface area contributed by atoms with Crippen molar-refractivity contribution < 1.29 is 9.53 Å². The average molecular weight is 410 g/mol. The highest BCUT2D eigenvalue weighted by Crippen LogP contribution is 2.45. The van der Waals surface area contributed by atoms with Crippen molar-refractivity contribution in [3.63, 3.8) is 0 Å². The summed E-state index contributed by atoms with van der Waals surface area (Å²) < 4.78 is 5.65. The van der Waals surface area contributed by atoms with Gasteiger partial charge in [0.2, 0.25) is 0 Å². The van der Waals surface area contributed by atoms with Crippen LogP contribution in [0.4, 0.5) is 0 Å². The number of ketones is 1. The molecule has 3 aliphatic rings. The molecule has 1 aromatic rings. The smallest absolute Gasteiger partial charge is 0.160 e. The molecule has 0 N–H and O–H groups in total. The van der Waals surface area contributed by atoms with Gasteiger partial charge in [-0.15, -0.1) is 0 Å².